The first-order chi connectivity index (χ1) is 9.92. The van der Waals surface area contributed by atoms with Gasteiger partial charge in [0.2, 0.25) is 6.29 Å². The Hall–Kier alpha value is -1.96. The molecule has 8 nitrogen and oxygen atoms in total. The molecule has 1 saturated heterocycles. The van der Waals surface area contributed by atoms with Crippen molar-refractivity contribution in [2.24, 2.45) is 10.9 Å². The zero-order valence-electron chi connectivity index (χ0n) is 12.0. The SMILES string of the molecule is CC(=O)OCC1O[C@@H]2OC(C)=NC2C(C=O)[C@@H]1OC(C)=O. The lowest BCUT2D eigenvalue weighted by molar-refractivity contribution is -0.228. The van der Waals surface area contributed by atoms with E-state index in [-0.39, 0.29) is 6.61 Å². The van der Waals surface area contributed by atoms with Crippen molar-refractivity contribution in [2.45, 2.75) is 45.3 Å². The minimum absolute atomic E-state index is 0.136. The van der Waals surface area contributed by atoms with E-state index in [9.17, 15) is 14.4 Å². The van der Waals surface area contributed by atoms with Gasteiger partial charge in [0.15, 0.2) is 5.90 Å². The number of hydrogen-bond acceptors (Lipinski definition) is 8. The molecule has 21 heavy (non-hydrogen) atoms. The van der Waals surface area contributed by atoms with Gasteiger partial charge >= 0.3 is 11.9 Å². The molecule has 2 aliphatic rings. The third-order valence-corrected chi connectivity index (χ3v) is 3.26. The maximum atomic E-state index is 11.4. The number of carbonyl (C=O) groups is 3. The molecule has 0 aromatic carbocycles. The number of aldehydes is 1. The molecule has 3 unspecified atom stereocenters. The normalized spacial score (nSPS) is 34.2. The smallest absolute Gasteiger partial charge is 0.303 e. The molecule has 0 aliphatic carbocycles. The van der Waals surface area contributed by atoms with E-state index in [1.807, 2.05) is 0 Å². The number of rotatable bonds is 4. The first-order valence-electron chi connectivity index (χ1n) is 6.54. The Morgan fingerprint density at radius 3 is 2.62 bits per heavy atom. The molecule has 0 aromatic rings. The van der Waals surface area contributed by atoms with Gasteiger partial charge in [0.1, 0.15) is 31.1 Å². The summed E-state index contributed by atoms with van der Waals surface area (Å²) in [5, 5.41) is 0. The van der Waals surface area contributed by atoms with Crippen LogP contribution in [-0.4, -0.2) is 55.3 Å². The summed E-state index contributed by atoms with van der Waals surface area (Å²) in [6, 6.07) is -0.569. The molecule has 0 radical (unpaired) electrons. The van der Waals surface area contributed by atoms with Crippen LogP contribution < -0.4 is 0 Å². The van der Waals surface area contributed by atoms with Crippen molar-refractivity contribution < 1.29 is 33.3 Å². The third-order valence-electron chi connectivity index (χ3n) is 3.26. The minimum atomic E-state index is -0.876. The second kappa shape index (κ2) is 6.21. The molecule has 5 atom stereocenters. The molecule has 1 fully saturated rings. The van der Waals surface area contributed by atoms with Crippen LogP contribution in [0.15, 0.2) is 4.99 Å². The van der Waals surface area contributed by atoms with Gasteiger partial charge in [0.25, 0.3) is 0 Å². The Morgan fingerprint density at radius 1 is 1.33 bits per heavy atom. The fourth-order valence-electron chi connectivity index (χ4n) is 2.44. The zero-order chi connectivity index (χ0) is 15.6. The number of fused-ring (bicyclic) bond motifs is 1. The van der Waals surface area contributed by atoms with Gasteiger partial charge in [0.05, 0.1) is 5.92 Å². The quantitative estimate of drug-likeness (QED) is 0.525. The van der Waals surface area contributed by atoms with E-state index in [0.717, 1.165) is 0 Å². The molecule has 0 saturated carbocycles. The summed E-state index contributed by atoms with van der Waals surface area (Å²) in [7, 11) is 0. The monoisotopic (exact) mass is 299 g/mol. The van der Waals surface area contributed by atoms with Crippen LogP contribution in [0.4, 0.5) is 0 Å². The molecule has 2 heterocycles. The largest absolute Gasteiger partial charge is 0.463 e. The highest BCUT2D eigenvalue weighted by Crippen LogP contribution is 2.33. The van der Waals surface area contributed by atoms with E-state index in [1.54, 1.807) is 6.92 Å². The lowest BCUT2D eigenvalue weighted by Crippen LogP contribution is -2.56. The molecule has 0 bridgehead atoms. The van der Waals surface area contributed by atoms with Gasteiger partial charge in [-0.1, -0.05) is 0 Å². The van der Waals surface area contributed by atoms with Crippen molar-refractivity contribution in [3.63, 3.8) is 0 Å². The maximum absolute atomic E-state index is 11.4. The molecule has 8 heteroatoms. The van der Waals surface area contributed by atoms with Gasteiger partial charge in [-0.15, -0.1) is 0 Å². The minimum Gasteiger partial charge on any atom is -0.463 e. The highest BCUT2D eigenvalue weighted by molar-refractivity contribution is 5.76. The maximum Gasteiger partial charge on any atom is 0.303 e. The van der Waals surface area contributed by atoms with Crippen molar-refractivity contribution in [2.75, 3.05) is 6.61 Å². The number of hydrogen-bond donors (Lipinski definition) is 0. The summed E-state index contributed by atoms with van der Waals surface area (Å²) < 4.78 is 21.1. The molecule has 0 amide bonds. The highest BCUT2D eigenvalue weighted by Gasteiger charge is 2.51. The van der Waals surface area contributed by atoms with Crippen LogP contribution in [0.1, 0.15) is 20.8 Å². The first-order valence-corrected chi connectivity index (χ1v) is 6.54. The first kappa shape index (κ1) is 15.4. The van der Waals surface area contributed by atoms with Crippen LogP contribution in [0.3, 0.4) is 0 Å². The van der Waals surface area contributed by atoms with Crippen molar-refractivity contribution in [3.8, 4) is 0 Å². The van der Waals surface area contributed by atoms with Gasteiger partial charge < -0.3 is 23.7 Å². The van der Waals surface area contributed by atoms with Crippen LogP contribution >= 0.6 is 0 Å². The van der Waals surface area contributed by atoms with Crippen LogP contribution in [0.2, 0.25) is 0 Å². The van der Waals surface area contributed by atoms with Gasteiger partial charge in [0, 0.05) is 20.8 Å². The van der Waals surface area contributed by atoms with E-state index in [0.29, 0.717) is 12.2 Å². The Kier molecular flexibility index (Phi) is 4.56. The third kappa shape index (κ3) is 3.38. The molecule has 116 valence electrons. The molecule has 0 aromatic heterocycles. The fraction of sp³-hybridized carbons (Fsp3) is 0.692. The van der Waals surface area contributed by atoms with E-state index in [2.05, 4.69) is 4.99 Å². The predicted molar refractivity (Wildman–Crippen MR) is 68.4 cm³/mol. The predicted octanol–water partition coefficient (Wildman–Crippen LogP) is -0.162. The molecule has 0 spiro atoms. The van der Waals surface area contributed by atoms with Crippen LogP contribution in [0.5, 0.6) is 0 Å². The molecular formula is C13H17NO7. The average molecular weight is 299 g/mol. The van der Waals surface area contributed by atoms with E-state index in [4.69, 9.17) is 18.9 Å². The van der Waals surface area contributed by atoms with Crippen LogP contribution in [-0.2, 0) is 33.3 Å². The van der Waals surface area contributed by atoms with E-state index in [1.165, 1.54) is 13.8 Å². The summed E-state index contributed by atoms with van der Waals surface area (Å²) >= 11 is 0. The Labute approximate surface area is 121 Å². The second-order valence-corrected chi connectivity index (χ2v) is 4.89. The molecule has 2 aliphatic heterocycles. The molecule has 2 rings (SSSR count). The van der Waals surface area contributed by atoms with Gasteiger partial charge in [-0.25, -0.2) is 4.99 Å². The van der Waals surface area contributed by atoms with Gasteiger partial charge in [-0.3, -0.25) is 9.59 Å². The Bertz CT molecular complexity index is 475. The van der Waals surface area contributed by atoms with Crippen LogP contribution in [0.25, 0.3) is 0 Å². The second-order valence-electron chi connectivity index (χ2n) is 4.89. The lowest BCUT2D eigenvalue weighted by atomic mass is 9.88. The van der Waals surface area contributed by atoms with Crippen molar-refractivity contribution >= 4 is 24.1 Å². The summed E-state index contributed by atoms with van der Waals surface area (Å²) in [4.78, 5) is 37.8. The number of esters is 2. The summed E-state index contributed by atoms with van der Waals surface area (Å²) in [5.41, 5.74) is 0. The average Bonchev–Trinajstić information content (AvgIpc) is 2.75. The van der Waals surface area contributed by atoms with Crippen molar-refractivity contribution in [3.05, 3.63) is 0 Å². The van der Waals surface area contributed by atoms with Crippen LogP contribution in [0, 0.1) is 5.92 Å². The number of aliphatic imine (C=N–C) groups is 1. The lowest BCUT2D eigenvalue weighted by Gasteiger charge is -2.39. The Balaban J connectivity index is 2.20. The number of ether oxygens (including phenoxy) is 4. The van der Waals surface area contributed by atoms with E-state index < -0.39 is 42.4 Å². The Morgan fingerprint density at radius 2 is 2.05 bits per heavy atom. The van der Waals surface area contributed by atoms with Crippen molar-refractivity contribution in [1.82, 2.24) is 0 Å². The summed E-state index contributed by atoms with van der Waals surface area (Å²) in [6.07, 6.45) is -1.73. The topological polar surface area (TPSA) is 100 Å². The van der Waals surface area contributed by atoms with Gasteiger partial charge in [-0.2, -0.15) is 0 Å². The number of nitrogens with zero attached hydrogens (tertiary/aromatic N) is 1. The summed E-state index contributed by atoms with van der Waals surface area (Å²) in [5.74, 6) is -1.37. The molecular weight excluding hydrogens is 282 g/mol. The fourth-order valence-corrected chi connectivity index (χ4v) is 2.44. The standard InChI is InChI=1S/C13H17NO7/c1-6-14-11-9(4-15)12(20-8(3)17)10(5-18-7(2)16)21-13(11)19-6/h4,9-13H,5H2,1-3H3/t9?,10?,11?,12-,13-/m0/s1. The zero-order valence-corrected chi connectivity index (χ0v) is 12.0. The van der Waals surface area contributed by atoms with Gasteiger partial charge in [-0.05, 0) is 0 Å². The van der Waals surface area contributed by atoms with E-state index >= 15 is 0 Å². The number of carbonyl (C=O) groups excluding carboxylic acids is 3. The highest BCUT2D eigenvalue weighted by atomic mass is 16.7. The molecule has 0 N–H and O–H groups in total. The summed E-state index contributed by atoms with van der Waals surface area (Å²) in [6.45, 7) is 3.99. The van der Waals surface area contributed by atoms with Crippen molar-refractivity contribution in [1.29, 1.82) is 0 Å².